The molecule has 1 aromatic rings. The van der Waals surface area contributed by atoms with Crippen molar-refractivity contribution in [1.29, 1.82) is 0 Å². The summed E-state index contributed by atoms with van der Waals surface area (Å²) in [5, 5.41) is 0. The molecular formula is C15H23NO. The lowest BCUT2D eigenvalue weighted by Gasteiger charge is -2.30. The first-order valence-electron chi connectivity index (χ1n) is 6.65. The zero-order chi connectivity index (χ0) is 12.3. The van der Waals surface area contributed by atoms with Crippen LogP contribution in [-0.4, -0.2) is 20.2 Å². The van der Waals surface area contributed by atoms with E-state index in [1.807, 2.05) is 0 Å². The van der Waals surface area contributed by atoms with Crippen LogP contribution >= 0.6 is 0 Å². The third kappa shape index (κ3) is 2.74. The van der Waals surface area contributed by atoms with E-state index in [9.17, 15) is 0 Å². The number of nitrogens with zero attached hydrogens (tertiary/aromatic N) is 1. The minimum absolute atomic E-state index is 0.555. The Balaban J connectivity index is 2.26. The summed E-state index contributed by atoms with van der Waals surface area (Å²) >= 11 is 0. The van der Waals surface area contributed by atoms with Crippen LogP contribution in [0.15, 0.2) is 18.2 Å². The highest BCUT2D eigenvalue weighted by Gasteiger charge is 2.15. The van der Waals surface area contributed by atoms with E-state index in [-0.39, 0.29) is 0 Å². The Bertz CT molecular complexity index is 367. The fraction of sp³-hybridized carbons (Fsp3) is 0.600. The Morgan fingerprint density at radius 2 is 1.82 bits per heavy atom. The maximum absolute atomic E-state index is 5.55. The number of ether oxygens (including phenoxy) is 1. The molecule has 0 bridgehead atoms. The molecule has 0 atom stereocenters. The van der Waals surface area contributed by atoms with E-state index < -0.39 is 0 Å². The van der Waals surface area contributed by atoms with E-state index in [2.05, 4.69) is 36.9 Å². The molecule has 0 spiro atoms. The van der Waals surface area contributed by atoms with Crippen molar-refractivity contribution < 1.29 is 4.74 Å². The molecule has 0 radical (unpaired) electrons. The predicted molar refractivity (Wildman–Crippen MR) is 73.1 cm³/mol. The van der Waals surface area contributed by atoms with E-state index in [1.165, 1.54) is 30.5 Å². The normalized spacial score (nSPS) is 16.4. The average Bonchev–Trinajstić information content (AvgIpc) is 2.39. The Morgan fingerprint density at radius 3 is 2.41 bits per heavy atom. The number of hydrogen-bond acceptors (Lipinski definition) is 2. The Hall–Kier alpha value is -1.18. The maximum atomic E-state index is 5.55. The predicted octanol–water partition coefficient (Wildman–Crippen LogP) is 3.81. The van der Waals surface area contributed by atoms with Crippen LogP contribution in [0.1, 0.15) is 44.6 Å². The molecule has 2 nitrogen and oxygen atoms in total. The Labute approximate surface area is 105 Å². The van der Waals surface area contributed by atoms with Gasteiger partial charge < -0.3 is 9.64 Å². The van der Waals surface area contributed by atoms with Crippen molar-refractivity contribution in [2.24, 2.45) is 0 Å². The standard InChI is InChI=1S/C15H23NO/c1-12(2)13-7-8-14(15(11-13)17-3)16-9-5-4-6-10-16/h7-8,11-12H,4-6,9-10H2,1-3H3. The molecule has 0 unspecified atom stereocenters. The summed E-state index contributed by atoms with van der Waals surface area (Å²) < 4.78 is 5.55. The van der Waals surface area contributed by atoms with Crippen molar-refractivity contribution in [3.63, 3.8) is 0 Å². The molecule has 0 aromatic heterocycles. The number of anilines is 1. The third-order valence-corrected chi connectivity index (χ3v) is 3.57. The van der Waals surface area contributed by atoms with E-state index >= 15 is 0 Å². The molecule has 0 saturated carbocycles. The summed E-state index contributed by atoms with van der Waals surface area (Å²) in [6, 6.07) is 6.64. The van der Waals surface area contributed by atoms with Gasteiger partial charge in [-0.25, -0.2) is 0 Å². The van der Waals surface area contributed by atoms with Crippen LogP contribution in [-0.2, 0) is 0 Å². The molecule has 94 valence electrons. The van der Waals surface area contributed by atoms with Crippen molar-refractivity contribution in [3.05, 3.63) is 23.8 Å². The molecule has 0 aliphatic carbocycles. The summed E-state index contributed by atoms with van der Waals surface area (Å²) in [6.07, 6.45) is 3.97. The summed E-state index contributed by atoms with van der Waals surface area (Å²) in [5.74, 6) is 1.58. The van der Waals surface area contributed by atoms with E-state index in [0.29, 0.717) is 5.92 Å². The SMILES string of the molecule is COc1cc(C(C)C)ccc1N1CCCCC1. The summed E-state index contributed by atoms with van der Waals surface area (Å²) in [4.78, 5) is 2.45. The van der Waals surface area contributed by atoms with Crippen molar-refractivity contribution >= 4 is 5.69 Å². The van der Waals surface area contributed by atoms with Gasteiger partial charge in [0.1, 0.15) is 5.75 Å². The van der Waals surface area contributed by atoms with Crippen molar-refractivity contribution in [1.82, 2.24) is 0 Å². The maximum Gasteiger partial charge on any atom is 0.142 e. The van der Waals surface area contributed by atoms with E-state index in [0.717, 1.165) is 18.8 Å². The van der Waals surface area contributed by atoms with Gasteiger partial charge in [-0.15, -0.1) is 0 Å². The smallest absolute Gasteiger partial charge is 0.142 e. The molecular weight excluding hydrogens is 210 g/mol. The highest BCUT2D eigenvalue weighted by Crippen LogP contribution is 2.33. The van der Waals surface area contributed by atoms with Crippen LogP contribution in [0.4, 0.5) is 5.69 Å². The molecule has 1 aliphatic heterocycles. The van der Waals surface area contributed by atoms with Crippen LogP contribution in [0.3, 0.4) is 0 Å². The number of methoxy groups -OCH3 is 1. The van der Waals surface area contributed by atoms with Crippen LogP contribution in [0, 0.1) is 0 Å². The summed E-state index contributed by atoms with van der Waals surface area (Å²) in [7, 11) is 1.77. The van der Waals surface area contributed by atoms with Crippen molar-refractivity contribution in [2.75, 3.05) is 25.1 Å². The second-order valence-electron chi connectivity index (χ2n) is 5.13. The molecule has 1 aromatic carbocycles. The summed E-state index contributed by atoms with van der Waals surface area (Å²) in [5.41, 5.74) is 2.61. The zero-order valence-corrected chi connectivity index (χ0v) is 11.2. The monoisotopic (exact) mass is 233 g/mol. The molecule has 17 heavy (non-hydrogen) atoms. The number of benzene rings is 1. The van der Waals surface area contributed by atoms with Gasteiger partial charge in [0.05, 0.1) is 12.8 Å². The molecule has 1 aliphatic rings. The van der Waals surface area contributed by atoms with Crippen molar-refractivity contribution in [2.45, 2.75) is 39.0 Å². The van der Waals surface area contributed by atoms with Gasteiger partial charge in [-0.05, 0) is 42.9 Å². The zero-order valence-electron chi connectivity index (χ0n) is 11.2. The Morgan fingerprint density at radius 1 is 1.12 bits per heavy atom. The molecule has 1 fully saturated rings. The Kier molecular flexibility index (Phi) is 3.93. The van der Waals surface area contributed by atoms with Gasteiger partial charge in [0.25, 0.3) is 0 Å². The number of hydrogen-bond donors (Lipinski definition) is 0. The molecule has 0 N–H and O–H groups in total. The minimum Gasteiger partial charge on any atom is -0.495 e. The highest BCUT2D eigenvalue weighted by molar-refractivity contribution is 5.60. The summed E-state index contributed by atoms with van der Waals surface area (Å²) in [6.45, 7) is 6.76. The van der Waals surface area contributed by atoms with Gasteiger partial charge in [0, 0.05) is 13.1 Å². The van der Waals surface area contributed by atoms with Gasteiger partial charge in [-0.1, -0.05) is 19.9 Å². The first kappa shape index (κ1) is 12.3. The lowest BCUT2D eigenvalue weighted by atomic mass is 10.0. The van der Waals surface area contributed by atoms with Gasteiger partial charge in [-0.3, -0.25) is 0 Å². The topological polar surface area (TPSA) is 12.5 Å². The number of piperidine rings is 1. The van der Waals surface area contributed by atoms with Crippen LogP contribution in [0.2, 0.25) is 0 Å². The fourth-order valence-electron chi connectivity index (χ4n) is 2.45. The van der Waals surface area contributed by atoms with Gasteiger partial charge in [-0.2, -0.15) is 0 Å². The molecule has 1 heterocycles. The third-order valence-electron chi connectivity index (χ3n) is 3.57. The lowest BCUT2D eigenvalue weighted by Crippen LogP contribution is -2.29. The largest absolute Gasteiger partial charge is 0.495 e. The van der Waals surface area contributed by atoms with E-state index in [4.69, 9.17) is 4.74 Å². The molecule has 2 heteroatoms. The molecule has 2 rings (SSSR count). The molecule has 1 saturated heterocycles. The first-order chi connectivity index (χ1) is 8.22. The van der Waals surface area contributed by atoms with Crippen LogP contribution < -0.4 is 9.64 Å². The second kappa shape index (κ2) is 5.44. The lowest BCUT2D eigenvalue weighted by molar-refractivity contribution is 0.412. The fourth-order valence-corrected chi connectivity index (χ4v) is 2.45. The number of rotatable bonds is 3. The van der Waals surface area contributed by atoms with E-state index in [1.54, 1.807) is 7.11 Å². The van der Waals surface area contributed by atoms with Crippen molar-refractivity contribution in [3.8, 4) is 5.75 Å². The molecule has 0 amide bonds. The highest BCUT2D eigenvalue weighted by atomic mass is 16.5. The minimum atomic E-state index is 0.555. The first-order valence-corrected chi connectivity index (χ1v) is 6.65. The van der Waals surface area contributed by atoms with Crippen LogP contribution in [0.25, 0.3) is 0 Å². The second-order valence-corrected chi connectivity index (χ2v) is 5.13. The van der Waals surface area contributed by atoms with Gasteiger partial charge in [0.2, 0.25) is 0 Å². The quantitative estimate of drug-likeness (QED) is 0.787. The van der Waals surface area contributed by atoms with Crippen LogP contribution in [0.5, 0.6) is 5.75 Å². The van der Waals surface area contributed by atoms with Gasteiger partial charge in [0.15, 0.2) is 0 Å². The average molecular weight is 233 g/mol. The van der Waals surface area contributed by atoms with Gasteiger partial charge >= 0.3 is 0 Å².